The number of rotatable bonds is 5. The van der Waals surface area contributed by atoms with Crippen molar-refractivity contribution in [3.63, 3.8) is 0 Å². The Hall–Kier alpha value is -1.91. The molecule has 1 aromatic rings. The maximum atomic E-state index is 12.6. The van der Waals surface area contributed by atoms with E-state index >= 15 is 0 Å². The molecular formula is C16H22N2O3. The third-order valence-electron chi connectivity index (χ3n) is 4.35. The summed E-state index contributed by atoms with van der Waals surface area (Å²) < 4.78 is 0. The molecule has 5 heteroatoms. The lowest BCUT2D eigenvalue weighted by molar-refractivity contribution is -0.142. The van der Waals surface area contributed by atoms with Crippen LogP contribution in [0.2, 0.25) is 0 Å². The minimum atomic E-state index is -0.886. The maximum Gasteiger partial charge on any atom is 0.307 e. The number of hydrogen-bond donors (Lipinski definition) is 1. The number of carboxylic acids is 1. The molecule has 1 saturated carbocycles. The van der Waals surface area contributed by atoms with Gasteiger partial charge in [0.05, 0.1) is 24.1 Å². The zero-order chi connectivity index (χ0) is 15.8. The van der Waals surface area contributed by atoms with Gasteiger partial charge in [-0.1, -0.05) is 19.9 Å². The lowest BCUT2D eigenvalue weighted by Gasteiger charge is -2.21. The van der Waals surface area contributed by atoms with Crippen molar-refractivity contribution in [3.05, 3.63) is 29.6 Å². The first-order valence-corrected chi connectivity index (χ1v) is 7.23. The molecule has 5 nitrogen and oxygen atoms in total. The molecule has 0 saturated heterocycles. The Labute approximate surface area is 125 Å². The van der Waals surface area contributed by atoms with Gasteiger partial charge in [0, 0.05) is 12.2 Å². The second-order valence-electron chi connectivity index (χ2n) is 6.24. The fourth-order valence-corrected chi connectivity index (χ4v) is 2.98. The first-order chi connectivity index (χ1) is 9.78. The van der Waals surface area contributed by atoms with Crippen LogP contribution in [0.3, 0.4) is 0 Å². The average molecular weight is 290 g/mol. The van der Waals surface area contributed by atoms with Crippen LogP contribution in [0.4, 0.5) is 0 Å². The smallest absolute Gasteiger partial charge is 0.307 e. The average Bonchev–Trinajstić information content (AvgIpc) is 2.98. The van der Waals surface area contributed by atoms with Crippen LogP contribution >= 0.6 is 0 Å². The zero-order valence-electron chi connectivity index (χ0n) is 13.0. The van der Waals surface area contributed by atoms with Gasteiger partial charge in [0.25, 0.3) is 0 Å². The Balaban J connectivity index is 2.12. The normalized spacial score (nSPS) is 22.7. The predicted molar refractivity (Wildman–Crippen MR) is 78.5 cm³/mol. The quantitative estimate of drug-likeness (QED) is 0.901. The van der Waals surface area contributed by atoms with E-state index in [1.807, 2.05) is 45.9 Å². The Kier molecular flexibility index (Phi) is 4.03. The number of aromatic nitrogens is 1. The van der Waals surface area contributed by atoms with E-state index in [0.29, 0.717) is 13.1 Å². The molecule has 0 bridgehead atoms. The summed E-state index contributed by atoms with van der Waals surface area (Å²) in [4.78, 5) is 29.9. The molecule has 1 heterocycles. The molecule has 1 amide bonds. The fraction of sp³-hybridized carbons (Fsp3) is 0.562. The van der Waals surface area contributed by atoms with Gasteiger partial charge in [-0.3, -0.25) is 14.6 Å². The Bertz CT molecular complexity index is 568. The Morgan fingerprint density at radius 3 is 2.48 bits per heavy atom. The van der Waals surface area contributed by atoms with E-state index in [-0.39, 0.29) is 5.91 Å². The summed E-state index contributed by atoms with van der Waals surface area (Å²) in [5.41, 5.74) is 1.28. The van der Waals surface area contributed by atoms with E-state index in [2.05, 4.69) is 4.98 Å². The molecule has 114 valence electrons. The van der Waals surface area contributed by atoms with Crippen molar-refractivity contribution in [1.82, 2.24) is 9.88 Å². The van der Waals surface area contributed by atoms with E-state index in [9.17, 15) is 14.7 Å². The number of carbonyl (C=O) groups is 2. The van der Waals surface area contributed by atoms with Gasteiger partial charge in [0.2, 0.25) is 5.91 Å². The summed E-state index contributed by atoms with van der Waals surface area (Å²) in [6, 6.07) is 5.71. The summed E-state index contributed by atoms with van der Waals surface area (Å²) in [7, 11) is 0. The highest BCUT2D eigenvalue weighted by Gasteiger charge is 2.66. The highest BCUT2D eigenvalue weighted by molar-refractivity contribution is 5.91. The van der Waals surface area contributed by atoms with Crippen LogP contribution < -0.4 is 0 Å². The van der Waals surface area contributed by atoms with Gasteiger partial charge in [-0.25, -0.2) is 0 Å². The second kappa shape index (κ2) is 5.47. The van der Waals surface area contributed by atoms with E-state index < -0.39 is 23.2 Å². The number of aliphatic carboxylic acids is 1. The molecule has 1 fully saturated rings. The number of hydrogen-bond acceptors (Lipinski definition) is 3. The Morgan fingerprint density at radius 1 is 1.33 bits per heavy atom. The van der Waals surface area contributed by atoms with E-state index in [4.69, 9.17) is 0 Å². The summed E-state index contributed by atoms with van der Waals surface area (Å²) in [5, 5.41) is 9.21. The molecule has 0 unspecified atom stereocenters. The summed E-state index contributed by atoms with van der Waals surface area (Å²) in [6.07, 6.45) is 0. The van der Waals surface area contributed by atoms with Crippen molar-refractivity contribution in [2.24, 2.45) is 17.3 Å². The van der Waals surface area contributed by atoms with E-state index in [1.165, 1.54) is 0 Å². The van der Waals surface area contributed by atoms with Crippen LogP contribution in [0.1, 0.15) is 32.2 Å². The molecule has 1 N–H and O–H groups in total. The van der Waals surface area contributed by atoms with Gasteiger partial charge in [-0.2, -0.15) is 0 Å². The first kappa shape index (κ1) is 15.5. The molecule has 1 aliphatic carbocycles. The molecule has 0 radical (unpaired) electrons. The van der Waals surface area contributed by atoms with E-state index in [0.717, 1.165) is 11.4 Å². The third-order valence-corrected chi connectivity index (χ3v) is 4.35. The van der Waals surface area contributed by atoms with Gasteiger partial charge >= 0.3 is 5.97 Å². The Morgan fingerprint density at radius 2 is 2.00 bits per heavy atom. The topological polar surface area (TPSA) is 70.5 Å². The van der Waals surface area contributed by atoms with Crippen molar-refractivity contribution in [2.45, 2.75) is 34.2 Å². The van der Waals surface area contributed by atoms with Crippen molar-refractivity contribution >= 4 is 11.9 Å². The second-order valence-corrected chi connectivity index (χ2v) is 6.24. The lowest BCUT2D eigenvalue weighted by Crippen LogP contribution is -2.33. The summed E-state index contributed by atoms with van der Waals surface area (Å²) in [6.45, 7) is 8.47. The van der Waals surface area contributed by atoms with Crippen LogP contribution in [-0.2, 0) is 16.1 Å². The standard InChI is InChI=1S/C16H22N2O3/c1-5-18(9-11-8-6-7-10(2)17-11)14(19)12-13(15(20)21)16(12,3)4/h6-8,12-13H,5,9H2,1-4H3,(H,20,21)/t12-,13+/m1/s1. The highest BCUT2D eigenvalue weighted by atomic mass is 16.4. The number of aryl methyl sites for hydroxylation is 1. The monoisotopic (exact) mass is 290 g/mol. The molecule has 0 spiro atoms. The van der Waals surface area contributed by atoms with Gasteiger partial charge in [-0.05, 0) is 31.4 Å². The van der Waals surface area contributed by atoms with Crippen molar-refractivity contribution in [3.8, 4) is 0 Å². The molecule has 2 atom stereocenters. The van der Waals surface area contributed by atoms with Gasteiger partial charge in [0.15, 0.2) is 0 Å². The molecule has 0 aromatic carbocycles. The number of nitrogens with zero attached hydrogens (tertiary/aromatic N) is 2. The van der Waals surface area contributed by atoms with Crippen molar-refractivity contribution in [1.29, 1.82) is 0 Å². The highest BCUT2D eigenvalue weighted by Crippen LogP contribution is 2.59. The van der Waals surface area contributed by atoms with Gasteiger partial charge < -0.3 is 10.0 Å². The maximum absolute atomic E-state index is 12.6. The molecule has 2 rings (SSSR count). The summed E-state index contributed by atoms with van der Waals surface area (Å²) >= 11 is 0. The molecule has 0 aliphatic heterocycles. The third kappa shape index (κ3) is 2.91. The predicted octanol–water partition coefficient (Wildman–Crippen LogP) is 2.10. The summed E-state index contributed by atoms with van der Waals surface area (Å²) in [5.74, 6) is -1.98. The van der Waals surface area contributed by atoms with Crippen LogP contribution in [-0.4, -0.2) is 33.4 Å². The largest absolute Gasteiger partial charge is 0.481 e. The SMILES string of the molecule is CCN(Cc1cccc(C)n1)C(=O)[C@H]1[C@@H](C(=O)O)C1(C)C. The molecule has 1 aliphatic rings. The molecule has 1 aromatic heterocycles. The number of pyridine rings is 1. The molecule has 21 heavy (non-hydrogen) atoms. The minimum Gasteiger partial charge on any atom is -0.481 e. The van der Waals surface area contributed by atoms with Crippen LogP contribution in [0.5, 0.6) is 0 Å². The fourth-order valence-electron chi connectivity index (χ4n) is 2.98. The zero-order valence-corrected chi connectivity index (χ0v) is 13.0. The molecular weight excluding hydrogens is 268 g/mol. The van der Waals surface area contributed by atoms with Gasteiger partial charge in [0.1, 0.15) is 0 Å². The number of carboxylic acid groups (broad SMARTS) is 1. The lowest BCUT2D eigenvalue weighted by atomic mass is 10.1. The number of carbonyl (C=O) groups excluding carboxylic acids is 1. The van der Waals surface area contributed by atoms with Crippen LogP contribution in [0.15, 0.2) is 18.2 Å². The van der Waals surface area contributed by atoms with E-state index in [1.54, 1.807) is 4.90 Å². The van der Waals surface area contributed by atoms with Crippen molar-refractivity contribution in [2.75, 3.05) is 6.54 Å². The van der Waals surface area contributed by atoms with Crippen molar-refractivity contribution < 1.29 is 14.7 Å². The van der Waals surface area contributed by atoms with Crippen LogP contribution in [0.25, 0.3) is 0 Å². The first-order valence-electron chi connectivity index (χ1n) is 7.23. The van der Waals surface area contributed by atoms with Crippen LogP contribution in [0, 0.1) is 24.2 Å². The minimum absolute atomic E-state index is 0.0850. The van der Waals surface area contributed by atoms with Gasteiger partial charge in [-0.15, -0.1) is 0 Å². The number of amides is 1.